The molecule has 0 saturated heterocycles. The van der Waals surface area contributed by atoms with E-state index in [-0.39, 0.29) is 0 Å². The van der Waals surface area contributed by atoms with Gasteiger partial charge in [0.1, 0.15) is 0 Å². The third kappa shape index (κ3) is 5.29. The number of benzene rings is 4. The van der Waals surface area contributed by atoms with Crippen molar-refractivity contribution in [3.05, 3.63) is 126 Å². The second-order valence-corrected chi connectivity index (χ2v) is 14.3. The van der Waals surface area contributed by atoms with Crippen LogP contribution in [0.2, 0.25) is 0 Å². The SMILES string of the molecule is CCCC1CCC(c2ccc(C[PH](c3ccccc3)(c3ccccc3)c3ccccc3)cc2)CC1. The van der Waals surface area contributed by atoms with Crippen molar-refractivity contribution in [2.45, 2.75) is 57.5 Å². The molecule has 0 radical (unpaired) electrons. The molecule has 0 bridgehead atoms. The van der Waals surface area contributed by atoms with Crippen LogP contribution in [-0.2, 0) is 6.16 Å². The zero-order valence-electron chi connectivity index (χ0n) is 21.1. The monoisotopic (exact) mass is 478 g/mol. The zero-order valence-corrected chi connectivity index (χ0v) is 22.1. The molecule has 0 atom stereocenters. The molecular formula is C34H39P. The molecule has 1 heteroatoms. The van der Waals surface area contributed by atoms with Crippen LogP contribution in [0.15, 0.2) is 115 Å². The van der Waals surface area contributed by atoms with Crippen molar-refractivity contribution < 1.29 is 0 Å². The Kier molecular flexibility index (Phi) is 7.80. The van der Waals surface area contributed by atoms with Gasteiger partial charge in [-0.15, -0.1) is 0 Å². The van der Waals surface area contributed by atoms with Crippen molar-refractivity contribution in [2.24, 2.45) is 5.92 Å². The summed E-state index contributed by atoms with van der Waals surface area (Å²) >= 11 is 0. The molecule has 0 spiro atoms. The van der Waals surface area contributed by atoms with Crippen LogP contribution >= 0.6 is 7.26 Å². The predicted molar refractivity (Wildman–Crippen MR) is 156 cm³/mol. The molecule has 4 aromatic rings. The van der Waals surface area contributed by atoms with Crippen LogP contribution in [-0.4, -0.2) is 0 Å². The average molecular weight is 479 g/mol. The van der Waals surface area contributed by atoms with Gasteiger partial charge in [-0.2, -0.15) is 0 Å². The molecule has 1 aliphatic rings. The van der Waals surface area contributed by atoms with E-state index < -0.39 is 7.26 Å². The fourth-order valence-corrected chi connectivity index (χ4v) is 11.1. The summed E-state index contributed by atoms with van der Waals surface area (Å²) in [5.41, 5.74) is 3.01. The summed E-state index contributed by atoms with van der Waals surface area (Å²) in [7, 11) is -2.24. The van der Waals surface area contributed by atoms with Gasteiger partial charge < -0.3 is 0 Å². The van der Waals surface area contributed by atoms with Crippen molar-refractivity contribution in [2.75, 3.05) is 0 Å². The average Bonchev–Trinajstić information content (AvgIpc) is 2.94. The molecule has 5 rings (SSSR count). The summed E-state index contributed by atoms with van der Waals surface area (Å²) in [4.78, 5) is 0. The van der Waals surface area contributed by atoms with Gasteiger partial charge in [-0.25, -0.2) is 0 Å². The molecule has 1 saturated carbocycles. The molecule has 0 nitrogen and oxygen atoms in total. The Hall–Kier alpha value is -2.69. The second-order valence-electron chi connectivity index (χ2n) is 10.4. The Morgan fingerprint density at radius 3 is 1.46 bits per heavy atom. The van der Waals surface area contributed by atoms with E-state index in [1.807, 2.05) is 0 Å². The first-order chi connectivity index (χ1) is 17.3. The molecule has 4 aromatic carbocycles. The topological polar surface area (TPSA) is 0 Å². The van der Waals surface area contributed by atoms with E-state index in [0.717, 1.165) is 18.0 Å². The predicted octanol–water partition coefficient (Wildman–Crippen LogP) is 7.99. The van der Waals surface area contributed by atoms with Crippen molar-refractivity contribution in [1.29, 1.82) is 0 Å². The first-order valence-corrected chi connectivity index (χ1v) is 15.8. The van der Waals surface area contributed by atoms with E-state index >= 15 is 0 Å². The van der Waals surface area contributed by atoms with Crippen LogP contribution in [0.3, 0.4) is 0 Å². The second kappa shape index (κ2) is 11.4. The van der Waals surface area contributed by atoms with Crippen molar-refractivity contribution in [1.82, 2.24) is 0 Å². The normalized spacial score (nSPS) is 18.8. The van der Waals surface area contributed by atoms with Gasteiger partial charge in [0.15, 0.2) is 0 Å². The van der Waals surface area contributed by atoms with Gasteiger partial charge in [0, 0.05) is 0 Å². The van der Waals surface area contributed by atoms with Gasteiger partial charge >= 0.3 is 213 Å². The quantitative estimate of drug-likeness (QED) is 0.225. The van der Waals surface area contributed by atoms with Gasteiger partial charge in [0.25, 0.3) is 0 Å². The Morgan fingerprint density at radius 1 is 0.571 bits per heavy atom. The van der Waals surface area contributed by atoms with Crippen LogP contribution in [0, 0.1) is 5.92 Å². The Labute approximate surface area is 212 Å². The molecule has 0 heterocycles. The summed E-state index contributed by atoms with van der Waals surface area (Å²) in [5, 5.41) is 4.45. The van der Waals surface area contributed by atoms with E-state index in [2.05, 4.69) is 122 Å². The minimum atomic E-state index is -2.24. The fraction of sp³-hybridized carbons (Fsp3) is 0.294. The third-order valence-electron chi connectivity index (χ3n) is 8.26. The summed E-state index contributed by atoms with van der Waals surface area (Å²) < 4.78 is 0. The van der Waals surface area contributed by atoms with Crippen molar-refractivity contribution in [3.8, 4) is 0 Å². The first-order valence-electron chi connectivity index (χ1n) is 13.5. The summed E-state index contributed by atoms with van der Waals surface area (Å²) in [6, 6.07) is 43.6. The fourth-order valence-electron chi connectivity index (χ4n) is 6.38. The minimum absolute atomic E-state index is 0.747. The Morgan fingerprint density at radius 2 is 1.03 bits per heavy atom. The van der Waals surface area contributed by atoms with E-state index in [4.69, 9.17) is 0 Å². The van der Waals surface area contributed by atoms with E-state index in [9.17, 15) is 0 Å². The number of hydrogen-bond donors (Lipinski definition) is 0. The van der Waals surface area contributed by atoms with Crippen LogP contribution < -0.4 is 15.9 Å². The summed E-state index contributed by atoms with van der Waals surface area (Å²) in [5.74, 6) is 1.71. The Bertz CT molecular complexity index is 1060. The molecule has 0 aromatic heterocycles. The Balaban J connectivity index is 1.49. The molecule has 0 aliphatic heterocycles. The van der Waals surface area contributed by atoms with Crippen LogP contribution in [0.1, 0.15) is 62.5 Å². The van der Waals surface area contributed by atoms with Gasteiger partial charge in [0.2, 0.25) is 0 Å². The molecule has 0 amide bonds. The first kappa shape index (κ1) is 24.0. The maximum atomic E-state index is 2.44. The van der Waals surface area contributed by atoms with Crippen LogP contribution in [0.25, 0.3) is 0 Å². The number of rotatable bonds is 8. The molecule has 0 unspecified atom stereocenters. The molecule has 1 fully saturated rings. The van der Waals surface area contributed by atoms with Gasteiger partial charge in [-0.05, 0) is 0 Å². The molecule has 0 N–H and O–H groups in total. The van der Waals surface area contributed by atoms with Crippen LogP contribution in [0.5, 0.6) is 0 Å². The number of hydrogen-bond acceptors (Lipinski definition) is 0. The van der Waals surface area contributed by atoms with Gasteiger partial charge in [0.05, 0.1) is 0 Å². The van der Waals surface area contributed by atoms with Crippen molar-refractivity contribution >= 4 is 23.2 Å². The zero-order chi connectivity index (χ0) is 23.9. The van der Waals surface area contributed by atoms with Gasteiger partial charge in [-0.3, -0.25) is 0 Å². The summed E-state index contributed by atoms with van der Waals surface area (Å²) in [6.45, 7) is 2.33. The maximum absolute atomic E-state index is 2.44. The van der Waals surface area contributed by atoms with E-state index in [1.54, 1.807) is 5.56 Å². The molecule has 180 valence electrons. The standard InChI is InChI=1S/C34H39P/c1-2-12-28-19-23-30(24-20-28)31-25-21-29(22-26-31)27-35(32-13-6-3-7-14-32,33-15-8-4-9-16-33)34-17-10-5-11-18-34/h3-11,13-18,21-22,25-26,28,30,35H,2,12,19-20,23-24,27H2,1H3. The van der Waals surface area contributed by atoms with Crippen molar-refractivity contribution in [3.63, 3.8) is 0 Å². The third-order valence-corrected chi connectivity index (χ3v) is 13.2. The van der Waals surface area contributed by atoms with E-state index in [1.165, 1.54) is 60.0 Å². The van der Waals surface area contributed by atoms with Gasteiger partial charge in [-0.1, -0.05) is 0 Å². The molecule has 35 heavy (non-hydrogen) atoms. The van der Waals surface area contributed by atoms with E-state index in [0.29, 0.717) is 0 Å². The molecular weight excluding hydrogens is 439 g/mol. The molecule has 1 aliphatic carbocycles. The van der Waals surface area contributed by atoms with Crippen LogP contribution in [0.4, 0.5) is 0 Å². The summed E-state index contributed by atoms with van der Waals surface area (Å²) in [6.07, 6.45) is 9.37.